The molecule has 0 aliphatic heterocycles. The summed E-state index contributed by atoms with van der Waals surface area (Å²) in [7, 11) is 0. The van der Waals surface area contributed by atoms with Gasteiger partial charge in [0.25, 0.3) is 5.91 Å². The first-order valence-electron chi connectivity index (χ1n) is 11.2. The van der Waals surface area contributed by atoms with Gasteiger partial charge in [-0.1, -0.05) is 42.5 Å². The lowest BCUT2D eigenvalue weighted by Crippen LogP contribution is -2.20. The molecule has 4 rings (SSSR count). The second-order valence-corrected chi connectivity index (χ2v) is 8.30. The zero-order chi connectivity index (χ0) is 24.1. The highest BCUT2D eigenvalue weighted by atomic mass is 16.5. The first kappa shape index (κ1) is 23.0. The Labute approximate surface area is 200 Å². The van der Waals surface area contributed by atoms with E-state index in [-0.39, 0.29) is 12.5 Å². The minimum absolute atomic E-state index is 0.0626. The molecule has 6 heteroatoms. The molecule has 0 unspecified atom stereocenters. The Balaban J connectivity index is 1.43. The Morgan fingerprint density at radius 3 is 2.41 bits per heavy atom. The molecule has 1 aromatic heterocycles. The number of anilines is 3. The van der Waals surface area contributed by atoms with Crippen molar-refractivity contribution in [3.05, 3.63) is 95.3 Å². The Bertz CT molecular complexity index is 1320. The van der Waals surface area contributed by atoms with Crippen LogP contribution in [-0.4, -0.2) is 22.5 Å². The van der Waals surface area contributed by atoms with Crippen molar-refractivity contribution >= 4 is 23.1 Å². The molecule has 0 saturated carbocycles. The lowest BCUT2D eigenvalue weighted by molar-refractivity contribution is -0.118. The third-order valence-corrected chi connectivity index (χ3v) is 5.45. The van der Waals surface area contributed by atoms with Crippen molar-refractivity contribution in [2.75, 3.05) is 17.2 Å². The van der Waals surface area contributed by atoms with Gasteiger partial charge in [-0.25, -0.2) is 9.97 Å². The molecular weight excluding hydrogens is 424 g/mol. The zero-order valence-corrected chi connectivity index (χ0v) is 19.8. The molecule has 1 heterocycles. The predicted molar refractivity (Wildman–Crippen MR) is 137 cm³/mol. The van der Waals surface area contributed by atoms with E-state index in [1.165, 1.54) is 0 Å². The fraction of sp³-hybridized carbons (Fsp3) is 0.179. The molecule has 34 heavy (non-hydrogen) atoms. The number of nitrogens with zero attached hydrogens (tertiary/aromatic N) is 2. The van der Waals surface area contributed by atoms with Crippen LogP contribution in [0.3, 0.4) is 0 Å². The molecular formula is C28H28N4O2. The quantitative estimate of drug-likeness (QED) is 0.352. The molecule has 0 radical (unpaired) electrons. The van der Waals surface area contributed by atoms with Crippen LogP contribution in [0.1, 0.15) is 22.5 Å². The molecule has 0 fully saturated rings. The summed E-state index contributed by atoms with van der Waals surface area (Å²) in [5.74, 6) is 1.87. The summed E-state index contributed by atoms with van der Waals surface area (Å²) in [5.41, 5.74) is 6.64. The number of amides is 1. The molecule has 3 aromatic carbocycles. The minimum atomic E-state index is -0.222. The van der Waals surface area contributed by atoms with Crippen LogP contribution >= 0.6 is 0 Å². The molecule has 0 aliphatic carbocycles. The van der Waals surface area contributed by atoms with E-state index in [4.69, 9.17) is 4.74 Å². The summed E-state index contributed by atoms with van der Waals surface area (Å²) in [6.07, 6.45) is 0. The fourth-order valence-corrected chi connectivity index (χ4v) is 3.70. The molecule has 0 atom stereocenters. The van der Waals surface area contributed by atoms with Crippen LogP contribution in [0.25, 0.3) is 11.3 Å². The number of ether oxygens (including phenoxy) is 1. The Morgan fingerprint density at radius 1 is 0.853 bits per heavy atom. The highest BCUT2D eigenvalue weighted by molar-refractivity contribution is 5.92. The molecule has 6 nitrogen and oxygen atoms in total. The average molecular weight is 453 g/mol. The van der Waals surface area contributed by atoms with E-state index in [0.717, 1.165) is 39.4 Å². The van der Waals surface area contributed by atoms with Crippen molar-refractivity contribution in [3.63, 3.8) is 0 Å². The highest BCUT2D eigenvalue weighted by Crippen LogP contribution is 2.25. The maximum absolute atomic E-state index is 12.5. The van der Waals surface area contributed by atoms with E-state index in [1.807, 2.05) is 94.4 Å². The van der Waals surface area contributed by atoms with E-state index in [9.17, 15) is 4.79 Å². The van der Waals surface area contributed by atoms with Gasteiger partial charge in [-0.05, 0) is 68.7 Å². The largest absolute Gasteiger partial charge is 0.483 e. The Kier molecular flexibility index (Phi) is 6.87. The number of hydrogen-bond donors (Lipinski definition) is 2. The van der Waals surface area contributed by atoms with E-state index < -0.39 is 0 Å². The molecule has 0 aliphatic rings. The van der Waals surface area contributed by atoms with Crippen LogP contribution in [0.2, 0.25) is 0 Å². The monoisotopic (exact) mass is 452 g/mol. The van der Waals surface area contributed by atoms with Crippen molar-refractivity contribution in [1.82, 2.24) is 9.97 Å². The molecule has 2 N–H and O–H groups in total. The van der Waals surface area contributed by atoms with Crippen LogP contribution < -0.4 is 15.4 Å². The summed E-state index contributed by atoms with van der Waals surface area (Å²) in [6.45, 7) is 7.85. The van der Waals surface area contributed by atoms with E-state index >= 15 is 0 Å². The van der Waals surface area contributed by atoms with Gasteiger partial charge in [0.1, 0.15) is 17.4 Å². The maximum Gasteiger partial charge on any atom is 0.262 e. The minimum Gasteiger partial charge on any atom is -0.483 e. The van der Waals surface area contributed by atoms with Gasteiger partial charge < -0.3 is 15.4 Å². The summed E-state index contributed by atoms with van der Waals surface area (Å²) < 4.78 is 5.78. The smallest absolute Gasteiger partial charge is 0.262 e. The van der Waals surface area contributed by atoms with Crippen molar-refractivity contribution in [1.29, 1.82) is 0 Å². The van der Waals surface area contributed by atoms with E-state index in [0.29, 0.717) is 17.3 Å². The van der Waals surface area contributed by atoms with Crippen LogP contribution in [0.5, 0.6) is 5.75 Å². The number of carbonyl (C=O) groups is 1. The molecule has 0 saturated heterocycles. The van der Waals surface area contributed by atoms with Crippen LogP contribution in [0.15, 0.2) is 72.8 Å². The van der Waals surface area contributed by atoms with E-state index in [2.05, 4.69) is 26.7 Å². The Morgan fingerprint density at radius 2 is 1.62 bits per heavy atom. The summed E-state index contributed by atoms with van der Waals surface area (Å²) >= 11 is 0. The average Bonchev–Trinajstić information content (AvgIpc) is 2.81. The number of carbonyl (C=O) groups excluding carboxylic acids is 1. The Hall–Kier alpha value is -4.19. The third-order valence-electron chi connectivity index (χ3n) is 5.45. The summed E-state index contributed by atoms with van der Waals surface area (Å²) in [6, 6.07) is 23.4. The van der Waals surface area contributed by atoms with Gasteiger partial charge in [0, 0.05) is 23.0 Å². The van der Waals surface area contributed by atoms with Gasteiger partial charge in [-0.2, -0.15) is 0 Å². The molecule has 4 aromatic rings. The second-order valence-electron chi connectivity index (χ2n) is 8.30. The van der Waals surface area contributed by atoms with Crippen LogP contribution in [0, 0.1) is 27.7 Å². The topological polar surface area (TPSA) is 76.1 Å². The number of aryl methyl sites for hydroxylation is 3. The molecule has 0 bridgehead atoms. The van der Waals surface area contributed by atoms with Crippen molar-refractivity contribution in [2.24, 2.45) is 0 Å². The van der Waals surface area contributed by atoms with Gasteiger partial charge in [0.05, 0.1) is 5.69 Å². The highest BCUT2D eigenvalue weighted by Gasteiger charge is 2.09. The van der Waals surface area contributed by atoms with Gasteiger partial charge in [0.2, 0.25) is 0 Å². The zero-order valence-electron chi connectivity index (χ0n) is 19.8. The number of nitrogens with one attached hydrogen (secondary N) is 2. The molecule has 172 valence electrons. The van der Waals surface area contributed by atoms with Crippen molar-refractivity contribution in [2.45, 2.75) is 27.7 Å². The fourth-order valence-electron chi connectivity index (χ4n) is 3.70. The normalized spacial score (nSPS) is 10.6. The lowest BCUT2D eigenvalue weighted by Gasteiger charge is -2.13. The SMILES string of the molecule is Cc1cc(C)c(C)c(OCC(=O)Nc2cccc(Nc3cc(-c4ccccc4)nc(C)n3)c2)c1. The summed E-state index contributed by atoms with van der Waals surface area (Å²) in [5, 5.41) is 6.21. The van der Waals surface area contributed by atoms with Crippen molar-refractivity contribution < 1.29 is 9.53 Å². The van der Waals surface area contributed by atoms with Gasteiger partial charge in [-0.3, -0.25) is 4.79 Å². The number of aromatic nitrogens is 2. The van der Waals surface area contributed by atoms with Gasteiger partial charge in [-0.15, -0.1) is 0 Å². The molecule has 1 amide bonds. The predicted octanol–water partition coefficient (Wildman–Crippen LogP) is 6.14. The van der Waals surface area contributed by atoms with E-state index in [1.54, 1.807) is 0 Å². The first-order chi connectivity index (χ1) is 16.4. The first-order valence-corrected chi connectivity index (χ1v) is 11.2. The van der Waals surface area contributed by atoms with Crippen molar-refractivity contribution in [3.8, 4) is 17.0 Å². The lowest BCUT2D eigenvalue weighted by atomic mass is 10.1. The second kappa shape index (κ2) is 10.2. The van der Waals surface area contributed by atoms with Crippen LogP contribution in [-0.2, 0) is 4.79 Å². The maximum atomic E-state index is 12.5. The number of benzene rings is 3. The molecule has 0 spiro atoms. The summed E-state index contributed by atoms with van der Waals surface area (Å²) in [4.78, 5) is 21.5. The van der Waals surface area contributed by atoms with Gasteiger partial charge >= 0.3 is 0 Å². The number of rotatable bonds is 7. The van der Waals surface area contributed by atoms with Crippen LogP contribution in [0.4, 0.5) is 17.2 Å². The number of hydrogen-bond acceptors (Lipinski definition) is 5. The standard InChI is InChI=1S/C28H28N4O2/c1-18-13-19(2)20(3)26(14-18)34-17-28(33)32-24-12-8-11-23(15-24)31-27-16-25(29-21(4)30-27)22-9-6-5-7-10-22/h5-16H,17H2,1-4H3,(H,32,33)(H,29,30,31). The third kappa shape index (κ3) is 5.78. The van der Waals surface area contributed by atoms with Gasteiger partial charge in [0.15, 0.2) is 6.61 Å².